The Labute approximate surface area is 158 Å². The van der Waals surface area contributed by atoms with Gasteiger partial charge in [-0.25, -0.2) is 4.79 Å². The van der Waals surface area contributed by atoms with E-state index in [4.69, 9.17) is 4.74 Å². The summed E-state index contributed by atoms with van der Waals surface area (Å²) in [6.45, 7) is 4.41. The number of nitrogens with one attached hydrogen (secondary N) is 2. The summed E-state index contributed by atoms with van der Waals surface area (Å²) >= 11 is 0. The van der Waals surface area contributed by atoms with E-state index in [2.05, 4.69) is 10.6 Å². The molecule has 6 heteroatoms. The van der Waals surface area contributed by atoms with Crippen LogP contribution in [0.25, 0.3) is 0 Å². The van der Waals surface area contributed by atoms with Crippen LogP contribution in [0.3, 0.4) is 0 Å². The number of benzene rings is 2. The van der Waals surface area contributed by atoms with Gasteiger partial charge in [-0.3, -0.25) is 4.79 Å². The Kier molecular flexibility index (Phi) is 7.15. The lowest BCUT2D eigenvalue weighted by atomic mass is 10.1. The maximum atomic E-state index is 12.4. The average Bonchev–Trinajstić information content (AvgIpc) is 2.66. The van der Waals surface area contributed by atoms with Crippen molar-refractivity contribution >= 4 is 17.6 Å². The van der Waals surface area contributed by atoms with Crippen LogP contribution in [0, 0.1) is 18.3 Å². The zero-order valence-electron chi connectivity index (χ0n) is 15.3. The van der Waals surface area contributed by atoms with E-state index in [0.717, 1.165) is 11.1 Å². The number of carbonyl (C=O) groups is 2. The third-order valence-electron chi connectivity index (χ3n) is 3.67. The molecule has 0 aliphatic heterocycles. The second-order valence-corrected chi connectivity index (χ2v) is 5.76. The monoisotopic (exact) mass is 363 g/mol. The van der Waals surface area contributed by atoms with E-state index in [1.54, 1.807) is 31.2 Å². The maximum absolute atomic E-state index is 12.4. The molecule has 0 unspecified atom stereocenters. The zero-order chi connectivity index (χ0) is 19.6. The van der Waals surface area contributed by atoms with Crippen LogP contribution in [0.2, 0.25) is 0 Å². The lowest BCUT2D eigenvalue weighted by molar-refractivity contribution is -0.112. The molecular weight excluding hydrogens is 342 g/mol. The number of rotatable bonds is 7. The van der Waals surface area contributed by atoms with Gasteiger partial charge in [-0.15, -0.1) is 0 Å². The molecule has 0 aliphatic rings. The van der Waals surface area contributed by atoms with Crippen LogP contribution in [-0.2, 0) is 16.1 Å². The van der Waals surface area contributed by atoms with Crippen LogP contribution in [0.4, 0.5) is 5.69 Å². The predicted molar refractivity (Wildman–Crippen MR) is 103 cm³/mol. The first-order chi connectivity index (χ1) is 13.0. The molecule has 1 amide bonds. The second-order valence-electron chi connectivity index (χ2n) is 5.76. The van der Waals surface area contributed by atoms with Crippen LogP contribution >= 0.6 is 0 Å². The Morgan fingerprint density at radius 2 is 1.96 bits per heavy atom. The van der Waals surface area contributed by atoms with Gasteiger partial charge in [-0.2, -0.15) is 5.26 Å². The predicted octanol–water partition coefficient (Wildman–Crippen LogP) is 3.31. The molecule has 2 aromatic rings. The molecule has 0 fully saturated rings. The third kappa shape index (κ3) is 5.72. The molecule has 2 rings (SSSR count). The van der Waals surface area contributed by atoms with Crippen molar-refractivity contribution in [1.29, 1.82) is 5.26 Å². The molecule has 6 nitrogen and oxygen atoms in total. The molecular formula is C21H21N3O3. The quantitative estimate of drug-likeness (QED) is 0.447. The maximum Gasteiger partial charge on any atom is 0.340 e. The number of nitriles is 1. The van der Waals surface area contributed by atoms with E-state index in [0.29, 0.717) is 12.2 Å². The molecule has 2 N–H and O–H groups in total. The van der Waals surface area contributed by atoms with Crippen molar-refractivity contribution in [3.8, 4) is 6.07 Å². The average molecular weight is 363 g/mol. The first-order valence-electron chi connectivity index (χ1n) is 8.51. The number of esters is 1. The van der Waals surface area contributed by atoms with Gasteiger partial charge >= 0.3 is 5.97 Å². The molecule has 138 valence electrons. The summed E-state index contributed by atoms with van der Waals surface area (Å²) in [5.41, 5.74) is 2.60. The highest BCUT2D eigenvalue weighted by atomic mass is 16.5. The first kappa shape index (κ1) is 19.7. The lowest BCUT2D eigenvalue weighted by Gasteiger charge is -2.10. The third-order valence-corrected chi connectivity index (χ3v) is 3.67. The Morgan fingerprint density at radius 3 is 2.67 bits per heavy atom. The molecule has 0 saturated heterocycles. The van der Waals surface area contributed by atoms with Crippen molar-refractivity contribution in [3.63, 3.8) is 0 Å². The van der Waals surface area contributed by atoms with E-state index >= 15 is 0 Å². The number of para-hydroxylation sites is 1. The number of aryl methyl sites for hydroxylation is 1. The van der Waals surface area contributed by atoms with Gasteiger partial charge in [0.25, 0.3) is 5.91 Å². The number of anilines is 1. The molecule has 0 aromatic heterocycles. The summed E-state index contributed by atoms with van der Waals surface area (Å²) in [6.07, 6.45) is 1.37. The van der Waals surface area contributed by atoms with Gasteiger partial charge < -0.3 is 15.4 Å². The summed E-state index contributed by atoms with van der Waals surface area (Å²) in [7, 11) is 0. The molecule has 0 aliphatic carbocycles. The van der Waals surface area contributed by atoms with Gasteiger partial charge in [-0.05, 0) is 31.5 Å². The van der Waals surface area contributed by atoms with E-state index in [1.165, 1.54) is 6.20 Å². The SMILES string of the molecule is CCOC(=O)c1ccccc1NC(=O)/C(C#N)=C\NCc1cccc(C)c1. The zero-order valence-corrected chi connectivity index (χ0v) is 15.3. The van der Waals surface area contributed by atoms with Crippen molar-refractivity contribution in [2.45, 2.75) is 20.4 Å². The smallest absolute Gasteiger partial charge is 0.340 e. The normalized spacial score (nSPS) is 10.6. The van der Waals surface area contributed by atoms with E-state index < -0.39 is 11.9 Å². The Balaban J connectivity index is 2.07. The highest BCUT2D eigenvalue weighted by Gasteiger charge is 2.16. The Bertz CT molecular complexity index is 898. The molecule has 0 atom stereocenters. The van der Waals surface area contributed by atoms with Crippen LogP contribution < -0.4 is 10.6 Å². The fraction of sp³-hybridized carbons (Fsp3) is 0.190. The minimum Gasteiger partial charge on any atom is -0.462 e. The van der Waals surface area contributed by atoms with Gasteiger partial charge in [0.2, 0.25) is 0 Å². The number of nitrogens with zero attached hydrogens (tertiary/aromatic N) is 1. The first-order valence-corrected chi connectivity index (χ1v) is 8.51. The standard InChI is InChI=1S/C21H21N3O3/c1-3-27-21(26)18-9-4-5-10-19(18)24-20(25)17(12-22)14-23-13-16-8-6-7-15(2)11-16/h4-11,14,23H,3,13H2,1-2H3,(H,24,25)/b17-14-. The highest BCUT2D eigenvalue weighted by molar-refractivity contribution is 6.09. The fourth-order valence-corrected chi connectivity index (χ4v) is 2.41. The van der Waals surface area contributed by atoms with Crippen molar-refractivity contribution in [2.24, 2.45) is 0 Å². The number of amides is 1. The van der Waals surface area contributed by atoms with E-state index in [9.17, 15) is 14.9 Å². The topological polar surface area (TPSA) is 91.2 Å². The van der Waals surface area contributed by atoms with Crippen LogP contribution in [0.1, 0.15) is 28.4 Å². The largest absolute Gasteiger partial charge is 0.462 e. The molecule has 0 radical (unpaired) electrons. The minimum absolute atomic E-state index is 0.0960. The number of carbonyl (C=O) groups excluding carboxylic acids is 2. The fourth-order valence-electron chi connectivity index (χ4n) is 2.41. The molecule has 0 saturated carbocycles. The van der Waals surface area contributed by atoms with E-state index in [1.807, 2.05) is 37.3 Å². The number of ether oxygens (including phenoxy) is 1. The Hall–Kier alpha value is -3.59. The van der Waals surface area contributed by atoms with Gasteiger partial charge in [0.05, 0.1) is 17.9 Å². The summed E-state index contributed by atoms with van der Waals surface area (Å²) in [5.74, 6) is -1.14. The second kappa shape index (κ2) is 9.78. The summed E-state index contributed by atoms with van der Waals surface area (Å²) in [6, 6.07) is 16.3. The van der Waals surface area contributed by atoms with Crippen molar-refractivity contribution in [1.82, 2.24) is 5.32 Å². The molecule has 27 heavy (non-hydrogen) atoms. The molecule has 2 aromatic carbocycles. The lowest BCUT2D eigenvalue weighted by Crippen LogP contribution is -2.19. The van der Waals surface area contributed by atoms with Gasteiger partial charge in [0, 0.05) is 12.7 Å². The van der Waals surface area contributed by atoms with Crippen LogP contribution in [0.15, 0.2) is 60.3 Å². The molecule has 0 bridgehead atoms. The van der Waals surface area contributed by atoms with Crippen LogP contribution in [-0.4, -0.2) is 18.5 Å². The highest BCUT2D eigenvalue weighted by Crippen LogP contribution is 2.17. The van der Waals surface area contributed by atoms with Crippen molar-refractivity contribution < 1.29 is 14.3 Å². The van der Waals surface area contributed by atoms with Gasteiger partial charge in [-0.1, -0.05) is 42.0 Å². The Morgan fingerprint density at radius 1 is 1.19 bits per heavy atom. The molecule has 0 spiro atoms. The number of hydrogen-bond acceptors (Lipinski definition) is 5. The van der Waals surface area contributed by atoms with E-state index in [-0.39, 0.29) is 17.7 Å². The summed E-state index contributed by atoms with van der Waals surface area (Å²) in [4.78, 5) is 24.4. The summed E-state index contributed by atoms with van der Waals surface area (Å²) < 4.78 is 4.98. The van der Waals surface area contributed by atoms with Crippen molar-refractivity contribution in [3.05, 3.63) is 77.0 Å². The van der Waals surface area contributed by atoms with Crippen molar-refractivity contribution in [2.75, 3.05) is 11.9 Å². The number of hydrogen-bond donors (Lipinski definition) is 2. The molecule has 0 heterocycles. The van der Waals surface area contributed by atoms with Gasteiger partial charge in [0.1, 0.15) is 11.6 Å². The minimum atomic E-state index is -0.606. The summed E-state index contributed by atoms with van der Waals surface area (Å²) in [5, 5.41) is 14.8. The van der Waals surface area contributed by atoms with Gasteiger partial charge in [0.15, 0.2) is 0 Å². The van der Waals surface area contributed by atoms with Crippen LogP contribution in [0.5, 0.6) is 0 Å².